The second kappa shape index (κ2) is 8.67. The molecule has 0 spiro atoms. The third kappa shape index (κ3) is 4.21. The van der Waals surface area contributed by atoms with E-state index in [4.69, 9.17) is 6.42 Å². The smallest absolute Gasteiger partial charge is 0.227 e. The lowest BCUT2D eigenvalue weighted by Gasteiger charge is -2.32. The Morgan fingerprint density at radius 2 is 1.87 bits per heavy atom. The molecule has 1 aliphatic rings. The summed E-state index contributed by atoms with van der Waals surface area (Å²) in [5, 5.41) is 3.91. The van der Waals surface area contributed by atoms with Gasteiger partial charge in [0.15, 0.2) is 0 Å². The average Bonchev–Trinajstić information content (AvgIpc) is 2.78. The van der Waals surface area contributed by atoms with Crippen LogP contribution in [0, 0.1) is 30.0 Å². The highest BCUT2D eigenvalue weighted by atomic mass is 19.1. The van der Waals surface area contributed by atoms with Crippen LogP contribution in [-0.2, 0) is 4.79 Å². The maximum atomic E-state index is 13.8. The van der Waals surface area contributed by atoms with Crippen molar-refractivity contribution in [2.75, 3.05) is 5.32 Å². The number of rotatable bonds is 4. The van der Waals surface area contributed by atoms with E-state index in [9.17, 15) is 9.18 Å². The minimum Gasteiger partial charge on any atom is -0.326 e. The molecule has 1 aromatic heterocycles. The van der Waals surface area contributed by atoms with Crippen LogP contribution in [0.25, 0.3) is 10.9 Å². The van der Waals surface area contributed by atoms with E-state index in [0.717, 1.165) is 47.8 Å². The topological polar surface area (TPSA) is 42.0 Å². The lowest BCUT2D eigenvalue weighted by Crippen LogP contribution is -2.29. The highest BCUT2D eigenvalue weighted by Gasteiger charge is 2.30. The lowest BCUT2D eigenvalue weighted by atomic mass is 9.73. The van der Waals surface area contributed by atoms with E-state index in [-0.39, 0.29) is 17.6 Å². The fourth-order valence-corrected chi connectivity index (χ4v) is 4.55. The van der Waals surface area contributed by atoms with Gasteiger partial charge >= 0.3 is 0 Å². The van der Waals surface area contributed by atoms with Crippen LogP contribution in [-0.4, -0.2) is 10.9 Å². The quantitative estimate of drug-likeness (QED) is 0.554. The minimum absolute atomic E-state index is 0.0448. The van der Waals surface area contributed by atoms with Crippen molar-refractivity contribution >= 4 is 22.5 Å². The molecule has 1 N–H and O–H groups in total. The van der Waals surface area contributed by atoms with Crippen LogP contribution in [0.3, 0.4) is 0 Å². The monoisotopic (exact) mass is 400 g/mol. The Balaban J connectivity index is 1.40. The number of benzene rings is 2. The molecule has 1 amide bonds. The van der Waals surface area contributed by atoms with Crippen molar-refractivity contribution in [3.8, 4) is 12.3 Å². The predicted molar refractivity (Wildman–Crippen MR) is 119 cm³/mol. The van der Waals surface area contributed by atoms with Crippen LogP contribution >= 0.6 is 0 Å². The van der Waals surface area contributed by atoms with Crippen LogP contribution in [0.4, 0.5) is 10.1 Å². The average molecular weight is 400 g/mol. The number of aromatic nitrogens is 1. The summed E-state index contributed by atoms with van der Waals surface area (Å²) in [5.41, 5.74) is 3.57. The molecule has 0 bridgehead atoms. The van der Waals surface area contributed by atoms with Crippen molar-refractivity contribution in [2.24, 2.45) is 11.8 Å². The van der Waals surface area contributed by atoms with Crippen molar-refractivity contribution in [2.45, 2.75) is 38.5 Å². The van der Waals surface area contributed by atoms with Crippen molar-refractivity contribution in [3.05, 3.63) is 71.7 Å². The molecule has 1 fully saturated rings. The van der Waals surface area contributed by atoms with Crippen LogP contribution in [0.15, 0.2) is 54.7 Å². The summed E-state index contributed by atoms with van der Waals surface area (Å²) in [6.45, 7) is 2.01. The number of amides is 1. The highest BCUT2D eigenvalue weighted by Crippen LogP contribution is 2.41. The maximum absolute atomic E-state index is 13.8. The van der Waals surface area contributed by atoms with Crippen LogP contribution in [0.5, 0.6) is 0 Å². The Morgan fingerprint density at radius 3 is 2.57 bits per heavy atom. The third-order valence-corrected chi connectivity index (χ3v) is 6.39. The van der Waals surface area contributed by atoms with Crippen molar-refractivity contribution in [1.82, 2.24) is 4.98 Å². The van der Waals surface area contributed by atoms with Gasteiger partial charge in [0.1, 0.15) is 5.82 Å². The van der Waals surface area contributed by atoms with E-state index >= 15 is 0 Å². The molecule has 4 rings (SSSR count). The summed E-state index contributed by atoms with van der Waals surface area (Å²) in [4.78, 5) is 17.1. The fourth-order valence-electron chi connectivity index (χ4n) is 4.55. The van der Waals surface area contributed by atoms with Crippen LogP contribution in [0.2, 0.25) is 0 Å². The normalized spacial score (nSPS) is 19.8. The molecular weight excluding hydrogens is 375 g/mol. The molecule has 0 unspecified atom stereocenters. The molecule has 1 saturated carbocycles. The van der Waals surface area contributed by atoms with Crippen molar-refractivity contribution < 1.29 is 9.18 Å². The van der Waals surface area contributed by atoms with E-state index in [1.165, 1.54) is 11.6 Å². The van der Waals surface area contributed by atoms with Gasteiger partial charge in [-0.1, -0.05) is 12.8 Å². The van der Waals surface area contributed by atoms with Gasteiger partial charge in [-0.3, -0.25) is 9.78 Å². The molecular formula is C26H25FN2O. The number of pyridine rings is 1. The van der Waals surface area contributed by atoms with E-state index in [1.54, 1.807) is 12.1 Å². The van der Waals surface area contributed by atoms with Gasteiger partial charge in [0.25, 0.3) is 0 Å². The molecule has 1 atom stereocenters. The fraction of sp³-hybridized carbons (Fsp3) is 0.308. The third-order valence-electron chi connectivity index (χ3n) is 6.39. The summed E-state index contributed by atoms with van der Waals surface area (Å²) in [5.74, 6) is 3.04. The first kappa shape index (κ1) is 20.1. The SMILES string of the molecule is C#Cc1ccc(NC(=O)[C@@H](C)C2CCC(c3ccnc4ccc(F)cc34)CC2)cc1. The van der Waals surface area contributed by atoms with Crippen LogP contribution in [0.1, 0.15) is 49.7 Å². The Bertz CT molecular complexity index is 1090. The Labute approximate surface area is 176 Å². The van der Waals surface area contributed by atoms with Gasteiger partial charge in [-0.15, -0.1) is 6.42 Å². The lowest BCUT2D eigenvalue weighted by molar-refractivity contribution is -0.121. The summed E-state index contributed by atoms with van der Waals surface area (Å²) in [6, 6.07) is 14.1. The number of carbonyl (C=O) groups excluding carboxylic acids is 1. The van der Waals surface area contributed by atoms with Gasteiger partial charge in [-0.2, -0.15) is 0 Å². The second-order valence-corrected chi connectivity index (χ2v) is 8.17. The summed E-state index contributed by atoms with van der Waals surface area (Å²) in [7, 11) is 0. The molecule has 152 valence electrons. The number of fused-ring (bicyclic) bond motifs is 1. The van der Waals surface area contributed by atoms with E-state index < -0.39 is 0 Å². The predicted octanol–water partition coefficient (Wildman–Crippen LogP) is 5.90. The van der Waals surface area contributed by atoms with Gasteiger partial charge in [0, 0.05) is 28.8 Å². The first-order chi connectivity index (χ1) is 14.5. The Morgan fingerprint density at radius 1 is 1.13 bits per heavy atom. The first-order valence-electron chi connectivity index (χ1n) is 10.5. The number of hydrogen-bond acceptors (Lipinski definition) is 2. The van der Waals surface area contributed by atoms with Crippen molar-refractivity contribution in [3.63, 3.8) is 0 Å². The molecule has 1 aliphatic carbocycles. The van der Waals surface area contributed by atoms with Gasteiger partial charge in [-0.25, -0.2) is 4.39 Å². The molecule has 30 heavy (non-hydrogen) atoms. The zero-order chi connectivity index (χ0) is 21.1. The number of hydrogen-bond donors (Lipinski definition) is 1. The number of terminal acetylenes is 1. The van der Waals surface area contributed by atoms with E-state index in [0.29, 0.717) is 11.8 Å². The first-order valence-corrected chi connectivity index (χ1v) is 10.5. The highest BCUT2D eigenvalue weighted by molar-refractivity contribution is 5.92. The Hall–Kier alpha value is -3.19. The molecule has 1 heterocycles. The molecule has 0 saturated heterocycles. The molecule has 0 radical (unpaired) electrons. The number of halogens is 1. The molecule has 0 aliphatic heterocycles. The summed E-state index contributed by atoms with van der Waals surface area (Å²) >= 11 is 0. The molecule has 4 heteroatoms. The minimum atomic E-state index is -0.231. The maximum Gasteiger partial charge on any atom is 0.227 e. The van der Waals surface area contributed by atoms with E-state index in [1.807, 2.05) is 43.5 Å². The largest absolute Gasteiger partial charge is 0.326 e. The molecule has 2 aromatic carbocycles. The number of nitrogens with zero attached hydrogens (tertiary/aromatic N) is 1. The standard InChI is InChI=1S/C26H25FN2O/c1-3-18-4-11-22(12-5-18)29-26(30)17(2)19-6-8-20(9-7-19)23-14-15-28-25-13-10-21(27)16-24(23)25/h1,4-5,10-17,19-20H,6-9H2,2H3,(H,29,30)/t17-,19?,20?/m0/s1. The zero-order valence-electron chi connectivity index (χ0n) is 17.1. The van der Waals surface area contributed by atoms with Crippen LogP contribution < -0.4 is 5.32 Å². The Kier molecular flexibility index (Phi) is 5.81. The number of nitrogens with one attached hydrogen (secondary N) is 1. The zero-order valence-corrected chi connectivity index (χ0v) is 17.1. The molecule has 3 nitrogen and oxygen atoms in total. The van der Waals surface area contributed by atoms with Gasteiger partial charge in [-0.05, 0) is 91.6 Å². The summed E-state index contributed by atoms with van der Waals surface area (Å²) < 4.78 is 13.8. The summed E-state index contributed by atoms with van der Waals surface area (Å²) in [6.07, 6.45) is 11.1. The van der Waals surface area contributed by atoms with Gasteiger partial charge in [0.05, 0.1) is 5.52 Å². The number of carbonyl (C=O) groups is 1. The van der Waals surface area contributed by atoms with Gasteiger partial charge < -0.3 is 5.32 Å². The van der Waals surface area contributed by atoms with Gasteiger partial charge in [0.2, 0.25) is 5.91 Å². The van der Waals surface area contributed by atoms with Crippen molar-refractivity contribution in [1.29, 1.82) is 0 Å². The van der Waals surface area contributed by atoms with E-state index in [2.05, 4.69) is 16.2 Å². The number of anilines is 1. The molecule has 3 aromatic rings. The second-order valence-electron chi connectivity index (χ2n) is 8.17.